The van der Waals surface area contributed by atoms with E-state index < -0.39 is 5.92 Å². The molecule has 2 aromatic rings. The highest BCUT2D eigenvalue weighted by Crippen LogP contribution is 2.40. The molecule has 6 nitrogen and oxygen atoms in total. The zero-order valence-electron chi connectivity index (χ0n) is 15.2. The zero-order chi connectivity index (χ0) is 19.4. The summed E-state index contributed by atoms with van der Waals surface area (Å²) in [7, 11) is 3.02. The van der Waals surface area contributed by atoms with Crippen molar-refractivity contribution in [1.82, 2.24) is 5.32 Å². The van der Waals surface area contributed by atoms with Crippen molar-refractivity contribution in [2.24, 2.45) is 5.92 Å². The highest BCUT2D eigenvalue weighted by Gasteiger charge is 2.36. The predicted molar refractivity (Wildman–Crippen MR) is 103 cm³/mol. The monoisotopic (exact) mass is 388 g/mol. The van der Waals surface area contributed by atoms with Gasteiger partial charge < -0.3 is 19.7 Å². The van der Waals surface area contributed by atoms with E-state index >= 15 is 0 Å². The number of nitrogens with zero attached hydrogens (tertiary/aromatic N) is 1. The maximum absolute atomic E-state index is 12.5. The minimum absolute atomic E-state index is 0.144. The minimum atomic E-state index is -0.424. The topological polar surface area (TPSA) is 67.9 Å². The fraction of sp³-hybridized carbons (Fsp3) is 0.300. The smallest absolute Gasteiger partial charge is 0.227 e. The summed E-state index contributed by atoms with van der Waals surface area (Å²) in [5.74, 6) is 0.213. The Bertz CT molecular complexity index is 841. The molecule has 1 fully saturated rings. The molecule has 142 valence electrons. The second-order valence-electron chi connectivity index (χ2n) is 6.27. The Morgan fingerprint density at radius 2 is 1.89 bits per heavy atom. The van der Waals surface area contributed by atoms with Gasteiger partial charge in [0.1, 0.15) is 11.5 Å². The zero-order valence-corrected chi connectivity index (χ0v) is 16.0. The standard InChI is InChI=1S/C20H21ClN2O4/c1-26-17-10-18(27-2)16(9-15(17)21)23-12-14(8-19(23)24)20(25)22-11-13-6-4-3-5-7-13/h3-7,9-10,14H,8,11-12H2,1-2H3,(H,22,25)/t14-/m1/s1. The molecule has 1 N–H and O–H groups in total. The highest BCUT2D eigenvalue weighted by atomic mass is 35.5. The van der Waals surface area contributed by atoms with Gasteiger partial charge in [-0.2, -0.15) is 0 Å². The molecule has 0 radical (unpaired) electrons. The van der Waals surface area contributed by atoms with E-state index in [1.807, 2.05) is 30.3 Å². The molecule has 3 rings (SSSR count). The first-order valence-electron chi connectivity index (χ1n) is 8.57. The Labute approximate surface area is 163 Å². The second-order valence-corrected chi connectivity index (χ2v) is 6.67. The summed E-state index contributed by atoms with van der Waals surface area (Å²) in [4.78, 5) is 26.5. The summed E-state index contributed by atoms with van der Waals surface area (Å²) in [6.45, 7) is 0.709. The van der Waals surface area contributed by atoms with Crippen LogP contribution in [0.2, 0.25) is 5.02 Å². The number of hydrogen-bond acceptors (Lipinski definition) is 4. The molecule has 0 bridgehead atoms. The van der Waals surface area contributed by atoms with Gasteiger partial charge in [-0.3, -0.25) is 9.59 Å². The molecule has 0 unspecified atom stereocenters. The van der Waals surface area contributed by atoms with Crippen LogP contribution < -0.4 is 19.7 Å². The van der Waals surface area contributed by atoms with Crippen molar-refractivity contribution in [2.45, 2.75) is 13.0 Å². The molecule has 1 atom stereocenters. The van der Waals surface area contributed by atoms with Gasteiger partial charge in [-0.05, 0) is 11.6 Å². The average molecular weight is 389 g/mol. The van der Waals surface area contributed by atoms with E-state index in [9.17, 15) is 9.59 Å². The SMILES string of the molecule is COc1cc(OC)c(N2C[C@H](C(=O)NCc3ccccc3)CC2=O)cc1Cl. The maximum Gasteiger partial charge on any atom is 0.227 e. The lowest BCUT2D eigenvalue weighted by Gasteiger charge is -2.21. The molecular weight excluding hydrogens is 368 g/mol. The van der Waals surface area contributed by atoms with Crippen molar-refractivity contribution in [3.8, 4) is 11.5 Å². The lowest BCUT2D eigenvalue weighted by atomic mass is 10.1. The van der Waals surface area contributed by atoms with Gasteiger partial charge in [0.05, 0.1) is 30.8 Å². The number of carbonyl (C=O) groups is 2. The Morgan fingerprint density at radius 1 is 1.19 bits per heavy atom. The second kappa shape index (κ2) is 8.31. The normalized spacial score (nSPS) is 16.3. The third-order valence-electron chi connectivity index (χ3n) is 4.55. The van der Waals surface area contributed by atoms with E-state index in [2.05, 4.69) is 5.32 Å². The number of ether oxygens (including phenoxy) is 2. The van der Waals surface area contributed by atoms with Crippen LogP contribution in [0.5, 0.6) is 11.5 Å². The first-order valence-corrected chi connectivity index (χ1v) is 8.94. The van der Waals surface area contributed by atoms with Gasteiger partial charge in [-0.1, -0.05) is 41.9 Å². The molecule has 1 heterocycles. The lowest BCUT2D eigenvalue weighted by Crippen LogP contribution is -2.32. The first-order chi connectivity index (χ1) is 13.0. The summed E-state index contributed by atoms with van der Waals surface area (Å²) in [5.41, 5.74) is 1.54. The van der Waals surface area contributed by atoms with Crippen molar-refractivity contribution < 1.29 is 19.1 Å². The summed E-state index contributed by atoms with van der Waals surface area (Å²) < 4.78 is 10.6. The van der Waals surface area contributed by atoms with E-state index in [1.165, 1.54) is 19.1 Å². The Hall–Kier alpha value is -2.73. The summed E-state index contributed by atoms with van der Waals surface area (Å²) >= 11 is 6.20. The van der Waals surface area contributed by atoms with Crippen LogP contribution in [0.25, 0.3) is 0 Å². The fourth-order valence-corrected chi connectivity index (χ4v) is 3.34. The van der Waals surface area contributed by atoms with Crippen LogP contribution in [-0.2, 0) is 16.1 Å². The Kier molecular flexibility index (Phi) is 5.86. The molecule has 1 saturated heterocycles. The van der Waals surface area contributed by atoms with Crippen LogP contribution in [0.1, 0.15) is 12.0 Å². The number of nitrogens with one attached hydrogen (secondary N) is 1. The summed E-state index contributed by atoms with van der Waals surface area (Å²) in [5, 5.41) is 3.27. The number of methoxy groups -OCH3 is 2. The van der Waals surface area contributed by atoms with Crippen LogP contribution in [0.4, 0.5) is 5.69 Å². The van der Waals surface area contributed by atoms with Crippen molar-refractivity contribution >= 4 is 29.1 Å². The first kappa shape index (κ1) is 19.0. The third-order valence-corrected chi connectivity index (χ3v) is 4.84. The van der Waals surface area contributed by atoms with Crippen LogP contribution >= 0.6 is 11.6 Å². The molecule has 0 saturated carbocycles. The van der Waals surface area contributed by atoms with E-state index in [1.54, 1.807) is 12.1 Å². The molecule has 1 aliphatic rings. The number of rotatable bonds is 6. The van der Waals surface area contributed by atoms with Gasteiger partial charge in [0.15, 0.2) is 0 Å². The summed E-state index contributed by atoms with van der Waals surface area (Å²) in [6, 6.07) is 12.9. The lowest BCUT2D eigenvalue weighted by molar-refractivity contribution is -0.126. The van der Waals surface area contributed by atoms with Crippen molar-refractivity contribution in [2.75, 3.05) is 25.7 Å². The van der Waals surface area contributed by atoms with Gasteiger partial charge in [-0.25, -0.2) is 0 Å². The van der Waals surface area contributed by atoms with Crippen molar-refractivity contribution in [3.63, 3.8) is 0 Å². The quantitative estimate of drug-likeness (QED) is 0.826. The summed E-state index contributed by atoms with van der Waals surface area (Å²) in [6.07, 6.45) is 0.146. The molecule has 2 aromatic carbocycles. The predicted octanol–water partition coefficient (Wildman–Crippen LogP) is 3.03. The van der Waals surface area contributed by atoms with Crippen LogP contribution in [0, 0.1) is 5.92 Å². The maximum atomic E-state index is 12.5. The molecule has 0 aromatic heterocycles. The molecular formula is C20H21ClN2O4. The fourth-order valence-electron chi connectivity index (χ4n) is 3.10. The number of hydrogen-bond donors (Lipinski definition) is 1. The highest BCUT2D eigenvalue weighted by molar-refractivity contribution is 6.32. The van der Waals surface area contributed by atoms with Gasteiger partial charge in [0.25, 0.3) is 0 Å². The number of carbonyl (C=O) groups excluding carboxylic acids is 2. The van der Waals surface area contributed by atoms with Crippen LogP contribution in [0.3, 0.4) is 0 Å². The van der Waals surface area contributed by atoms with Gasteiger partial charge in [-0.15, -0.1) is 0 Å². The van der Waals surface area contributed by atoms with Gasteiger partial charge >= 0.3 is 0 Å². The van der Waals surface area contributed by atoms with E-state index in [0.717, 1.165) is 5.56 Å². The van der Waals surface area contributed by atoms with Crippen molar-refractivity contribution in [1.29, 1.82) is 0 Å². The van der Waals surface area contributed by atoms with Crippen LogP contribution in [0.15, 0.2) is 42.5 Å². The molecule has 0 spiro atoms. The van der Waals surface area contributed by atoms with E-state index in [4.69, 9.17) is 21.1 Å². The Morgan fingerprint density at radius 3 is 2.56 bits per heavy atom. The van der Waals surface area contributed by atoms with Gasteiger partial charge in [0.2, 0.25) is 11.8 Å². The number of halogens is 1. The largest absolute Gasteiger partial charge is 0.495 e. The molecule has 2 amide bonds. The van der Waals surface area contributed by atoms with Gasteiger partial charge in [0, 0.05) is 25.6 Å². The number of anilines is 1. The van der Waals surface area contributed by atoms with E-state index in [0.29, 0.717) is 28.8 Å². The minimum Gasteiger partial charge on any atom is -0.495 e. The molecule has 0 aliphatic carbocycles. The van der Waals surface area contributed by atoms with Crippen LogP contribution in [-0.4, -0.2) is 32.6 Å². The average Bonchev–Trinajstić information content (AvgIpc) is 3.08. The third kappa shape index (κ3) is 4.17. The molecule has 7 heteroatoms. The Balaban J connectivity index is 1.72. The number of amides is 2. The molecule has 1 aliphatic heterocycles. The van der Waals surface area contributed by atoms with Crippen molar-refractivity contribution in [3.05, 3.63) is 53.1 Å². The van der Waals surface area contributed by atoms with E-state index in [-0.39, 0.29) is 24.8 Å². The number of benzene rings is 2. The molecule has 27 heavy (non-hydrogen) atoms.